The van der Waals surface area contributed by atoms with E-state index in [4.69, 9.17) is 4.74 Å². The van der Waals surface area contributed by atoms with Crippen LogP contribution in [0.2, 0.25) is 0 Å². The monoisotopic (exact) mass is 439 g/mol. The number of ether oxygens (including phenoxy) is 2. The topological polar surface area (TPSA) is 64.9 Å². The second-order valence-electron chi connectivity index (χ2n) is 5.51. The highest BCUT2D eigenvalue weighted by Crippen LogP contribution is 2.36. The van der Waals surface area contributed by atoms with Crippen molar-refractivity contribution in [3.63, 3.8) is 0 Å². The van der Waals surface area contributed by atoms with Crippen LogP contribution in [0.1, 0.15) is 17.3 Å². The molecule has 0 saturated carbocycles. The lowest BCUT2D eigenvalue weighted by Crippen LogP contribution is -2.24. The van der Waals surface area contributed by atoms with Crippen molar-refractivity contribution in [2.75, 3.05) is 13.7 Å². The van der Waals surface area contributed by atoms with Gasteiger partial charge in [0.25, 0.3) is 5.91 Å². The Balaban J connectivity index is 2.20. The molecule has 0 aliphatic rings. The van der Waals surface area contributed by atoms with Gasteiger partial charge in [-0.05, 0) is 31.2 Å². The van der Waals surface area contributed by atoms with Crippen molar-refractivity contribution in [2.24, 2.45) is 0 Å². The number of nitrogens with zero attached hydrogens (tertiary/aromatic N) is 2. The summed E-state index contributed by atoms with van der Waals surface area (Å²) in [5.41, 5.74) is 1.74. The molecule has 1 N–H and O–H groups in total. The first-order chi connectivity index (χ1) is 12.9. The fourth-order valence-electron chi connectivity index (χ4n) is 2.73. The third-order valence-electron chi connectivity index (χ3n) is 3.84. The summed E-state index contributed by atoms with van der Waals surface area (Å²) in [6, 6.07) is 6.62. The van der Waals surface area contributed by atoms with Crippen LogP contribution in [0.5, 0.6) is 11.5 Å². The molecule has 1 amide bonds. The number of fused-ring (bicyclic) bond motifs is 1. The summed E-state index contributed by atoms with van der Waals surface area (Å²) >= 11 is 3.38. The number of hydrogen-bond acceptors (Lipinski definition) is 4. The Hall–Kier alpha value is -2.68. The normalized spacial score (nSPS) is 11.0. The van der Waals surface area contributed by atoms with Crippen LogP contribution < -0.4 is 14.8 Å². The number of amides is 1. The standard InChI is InChI=1S/C18H16BrF2N3O3/c1-3-22-17(25)16-13(26-2)6-10(7-14(16)27-18(20)21)12-9-23-15-8-11(19)4-5-24(12)15/h4-9,18H,3H2,1-2H3,(H,22,25). The lowest BCUT2D eigenvalue weighted by Gasteiger charge is -2.16. The maximum Gasteiger partial charge on any atom is 0.387 e. The first-order valence-corrected chi connectivity index (χ1v) is 8.82. The van der Waals surface area contributed by atoms with E-state index in [-0.39, 0.29) is 17.1 Å². The Morgan fingerprint density at radius 1 is 1.33 bits per heavy atom. The zero-order valence-electron chi connectivity index (χ0n) is 14.5. The molecule has 6 nitrogen and oxygen atoms in total. The van der Waals surface area contributed by atoms with Gasteiger partial charge in [-0.3, -0.25) is 9.20 Å². The highest BCUT2D eigenvalue weighted by Gasteiger charge is 2.23. The number of alkyl halides is 2. The fraction of sp³-hybridized carbons (Fsp3) is 0.222. The number of rotatable bonds is 6. The van der Waals surface area contributed by atoms with Gasteiger partial charge in [-0.25, -0.2) is 4.98 Å². The molecule has 0 fully saturated rings. The molecule has 0 bridgehead atoms. The number of carbonyl (C=O) groups is 1. The highest BCUT2D eigenvalue weighted by molar-refractivity contribution is 9.10. The second-order valence-corrected chi connectivity index (χ2v) is 6.42. The zero-order valence-corrected chi connectivity index (χ0v) is 16.1. The largest absolute Gasteiger partial charge is 0.496 e. The van der Waals surface area contributed by atoms with Crippen LogP contribution in [-0.2, 0) is 0 Å². The summed E-state index contributed by atoms with van der Waals surface area (Å²) in [6.07, 6.45) is 3.40. The maximum absolute atomic E-state index is 12.9. The summed E-state index contributed by atoms with van der Waals surface area (Å²) in [5, 5.41) is 2.57. The number of pyridine rings is 1. The molecule has 2 aromatic heterocycles. The Morgan fingerprint density at radius 3 is 2.74 bits per heavy atom. The summed E-state index contributed by atoms with van der Waals surface area (Å²) < 4.78 is 38.4. The summed E-state index contributed by atoms with van der Waals surface area (Å²) in [5.74, 6) is -0.697. The zero-order chi connectivity index (χ0) is 19.6. The minimum atomic E-state index is -3.09. The minimum Gasteiger partial charge on any atom is -0.496 e. The van der Waals surface area contributed by atoms with E-state index in [0.717, 1.165) is 4.47 Å². The molecule has 0 unspecified atom stereocenters. The number of methoxy groups -OCH3 is 1. The molecule has 9 heteroatoms. The van der Waals surface area contributed by atoms with Gasteiger partial charge in [0.05, 0.1) is 19.0 Å². The molecular weight excluding hydrogens is 424 g/mol. The first kappa shape index (κ1) is 19.1. The van der Waals surface area contributed by atoms with Crippen LogP contribution in [0.15, 0.2) is 41.1 Å². The number of halogens is 3. The fourth-order valence-corrected chi connectivity index (χ4v) is 3.05. The van der Waals surface area contributed by atoms with Gasteiger partial charge in [0, 0.05) is 22.8 Å². The van der Waals surface area contributed by atoms with E-state index in [9.17, 15) is 13.6 Å². The van der Waals surface area contributed by atoms with Crippen LogP contribution in [0, 0.1) is 0 Å². The van der Waals surface area contributed by atoms with Crippen molar-refractivity contribution in [3.05, 3.63) is 46.7 Å². The Labute approximate surface area is 162 Å². The molecule has 0 spiro atoms. The molecule has 0 atom stereocenters. The summed E-state index contributed by atoms with van der Waals surface area (Å²) in [4.78, 5) is 16.6. The summed E-state index contributed by atoms with van der Waals surface area (Å²) in [7, 11) is 1.36. The van der Waals surface area contributed by atoms with Gasteiger partial charge in [-0.15, -0.1) is 0 Å². The molecule has 27 heavy (non-hydrogen) atoms. The lowest BCUT2D eigenvalue weighted by molar-refractivity contribution is -0.0502. The molecule has 142 valence electrons. The molecule has 0 aliphatic carbocycles. The van der Waals surface area contributed by atoms with Crippen LogP contribution in [0.4, 0.5) is 8.78 Å². The van der Waals surface area contributed by atoms with Gasteiger partial charge in [0.1, 0.15) is 22.7 Å². The van der Waals surface area contributed by atoms with E-state index in [2.05, 4.69) is 31.0 Å². The average molecular weight is 440 g/mol. The predicted octanol–water partition coefficient (Wildman–Crippen LogP) is 4.12. The predicted molar refractivity (Wildman–Crippen MR) is 99.5 cm³/mol. The number of nitrogens with one attached hydrogen (secondary N) is 1. The van der Waals surface area contributed by atoms with Gasteiger partial charge in [0.15, 0.2) is 0 Å². The molecule has 0 saturated heterocycles. The van der Waals surface area contributed by atoms with Crippen molar-refractivity contribution < 1.29 is 23.0 Å². The number of carbonyl (C=O) groups excluding carboxylic acids is 1. The van der Waals surface area contributed by atoms with Gasteiger partial charge in [0.2, 0.25) is 0 Å². The van der Waals surface area contributed by atoms with Gasteiger partial charge < -0.3 is 14.8 Å². The highest BCUT2D eigenvalue weighted by atomic mass is 79.9. The van der Waals surface area contributed by atoms with E-state index in [1.165, 1.54) is 13.2 Å². The SMILES string of the molecule is CCNC(=O)c1c(OC)cc(-c2cnc3cc(Br)ccn23)cc1OC(F)F. The number of aromatic nitrogens is 2. The van der Waals surface area contributed by atoms with Crippen molar-refractivity contribution in [1.29, 1.82) is 0 Å². The van der Waals surface area contributed by atoms with Gasteiger partial charge in [-0.2, -0.15) is 8.78 Å². The Kier molecular flexibility index (Phi) is 5.59. The number of hydrogen-bond donors (Lipinski definition) is 1. The van der Waals surface area contributed by atoms with Crippen LogP contribution in [0.25, 0.3) is 16.9 Å². The van der Waals surface area contributed by atoms with Crippen molar-refractivity contribution in [2.45, 2.75) is 13.5 Å². The quantitative estimate of drug-likeness (QED) is 0.627. The van der Waals surface area contributed by atoms with E-state index >= 15 is 0 Å². The van der Waals surface area contributed by atoms with Crippen molar-refractivity contribution >= 4 is 27.5 Å². The molecule has 3 rings (SSSR count). The summed E-state index contributed by atoms with van der Waals surface area (Å²) in [6.45, 7) is -1.03. The van der Waals surface area contributed by atoms with E-state index in [1.54, 1.807) is 29.8 Å². The van der Waals surface area contributed by atoms with Crippen molar-refractivity contribution in [3.8, 4) is 22.8 Å². The number of benzene rings is 1. The first-order valence-electron chi connectivity index (χ1n) is 8.02. The third kappa shape index (κ3) is 3.87. The molecule has 3 aromatic rings. The van der Waals surface area contributed by atoms with Crippen LogP contribution in [0.3, 0.4) is 0 Å². The molecule has 0 aliphatic heterocycles. The Morgan fingerprint density at radius 2 is 2.07 bits per heavy atom. The molecule has 0 radical (unpaired) electrons. The van der Waals surface area contributed by atoms with Gasteiger partial charge in [-0.1, -0.05) is 15.9 Å². The lowest BCUT2D eigenvalue weighted by atomic mass is 10.1. The minimum absolute atomic E-state index is 0.0834. The van der Waals surface area contributed by atoms with Crippen LogP contribution >= 0.6 is 15.9 Å². The molecule has 1 aromatic carbocycles. The van der Waals surface area contributed by atoms with E-state index in [1.807, 2.05) is 12.1 Å². The Bertz CT molecular complexity index is 991. The van der Waals surface area contributed by atoms with E-state index < -0.39 is 12.5 Å². The smallest absolute Gasteiger partial charge is 0.387 e. The van der Waals surface area contributed by atoms with E-state index in [0.29, 0.717) is 23.4 Å². The van der Waals surface area contributed by atoms with Crippen LogP contribution in [-0.4, -0.2) is 35.6 Å². The van der Waals surface area contributed by atoms with Gasteiger partial charge >= 0.3 is 6.61 Å². The second kappa shape index (κ2) is 7.91. The molecular formula is C18H16BrF2N3O3. The van der Waals surface area contributed by atoms with Crippen molar-refractivity contribution in [1.82, 2.24) is 14.7 Å². The third-order valence-corrected chi connectivity index (χ3v) is 4.33. The maximum atomic E-state index is 12.9. The number of imidazole rings is 1. The average Bonchev–Trinajstić information content (AvgIpc) is 3.03. The molecule has 2 heterocycles.